The molecule has 3 heterocycles. The van der Waals surface area contributed by atoms with Gasteiger partial charge in [0.15, 0.2) is 0 Å². The molecule has 1 fully saturated rings. The van der Waals surface area contributed by atoms with Crippen molar-refractivity contribution in [2.75, 3.05) is 26.7 Å². The molecule has 0 saturated carbocycles. The van der Waals surface area contributed by atoms with E-state index in [0.29, 0.717) is 24.4 Å². The molecular formula is C19H24N4O2. The predicted octanol–water partition coefficient (Wildman–Crippen LogP) is 1.92. The second-order valence-electron chi connectivity index (χ2n) is 6.30. The van der Waals surface area contributed by atoms with E-state index in [-0.39, 0.29) is 12.0 Å². The number of nitrogens with one attached hydrogen (secondary N) is 1. The zero-order valence-electron chi connectivity index (χ0n) is 14.5. The Kier molecular flexibility index (Phi) is 5.95. The number of nitrogens with zero attached hydrogens (tertiary/aromatic N) is 3. The Morgan fingerprint density at radius 3 is 2.76 bits per heavy atom. The molecule has 2 aromatic heterocycles. The Bertz CT molecular complexity index is 685. The van der Waals surface area contributed by atoms with E-state index in [1.54, 1.807) is 24.5 Å². The lowest BCUT2D eigenvalue weighted by Gasteiger charge is -2.29. The number of carbonyl (C=O) groups is 1. The summed E-state index contributed by atoms with van der Waals surface area (Å²) in [5.41, 5.74) is 1.44. The predicted molar refractivity (Wildman–Crippen MR) is 95.7 cm³/mol. The van der Waals surface area contributed by atoms with Crippen molar-refractivity contribution in [2.24, 2.45) is 0 Å². The van der Waals surface area contributed by atoms with Crippen LogP contribution < -0.4 is 10.1 Å². The molecule has 1 aliphatic rings. The molecule has 1 amide bonds. The van der Waals surface area contributed by atoms with Crippen molar-refractivity contribution in [1.82, 2.24) is 20.2 Å². The molecule has 1 N–H and O–H groups in total. The minimum atomic E-state index is -0.160. The number of amides is 1. The van der Waals surface area contributed by atoms with E-state index in [9.17, 15) is 4.79 Å². The average molecular weight is 340 g/mol. The Labute approximate surface area is 148 Å². The normalized spacial score (nSPS) is 15.7. The van der Waals surface area contributed by atoms with Crippen molar-refractivity contribution in [1.29, 1.82) is 0 Å². The van der Waals surface area contributed by atoms with Gasteiger partial charge in [0.2, 0.25) is 5.88 Å². The average Bonchev–Trinajstić information content (AvgIpc) is 2.65. The fraction of sp³-hybridized carbons (Fsp3) is 0.421. The largest absolute Gasteiger partial charge is 0.474 e. The molecule has 2 aromatic rings. The fourth-order valence-corrected chi connectivity index (χ4v) is 2.86. The van der Waals surface area contributed by atoms with Gasteiger partial charge in [-0.05, 0) is 44.2 Å². The van der Waals surface area contributed by atoms with Crippen LogP contribution in [0.3, 0.4) is 0 Å². The van der Waals surface area contributed by atoms with Crippen LogP contribution in [0.4, 0.5) is 0 Å². The molecule has 0 radical (unpaired) electrons. The molecule has 0 aliphatic carbocycles. The van der Waals surface area contributed by atoms with Gasteiger partial charge in [-0.3, -0.25) is 9.78 Å². The molecule has 1 aliphatic heterocycles. The molecule has 0 aromatic carbocycles. The molecule has 0 unspecified atom stereocenters. The quantitative estimate of drug-likeness (QED) is 0.870. The summed E-state index contributed by atoms with van der Waals surface area (Å²) < 4.78 is 6.01. The smallest absolute Gasteiger partial charge is 0.256 e. The minimum absolute atomic E-state index is 0.117. The van der Waals surface area contributed by atoms with Crippen LogP contribution in [-0.4, -0.2) is 53.6 Å². The van der Waals surface area contributed by atoms with Crippen molar-refractivity contribution in [3.8, 4) is 5.88 Å². The van der Waals surface area contributed by atoms with Gasteiger partial charge in [0.05, 0.1) is 0 Å². The third-order valence-electron chi connectivity index (χ3n) is 4.35. The van der Waals surface area contributed by atoms with Crippen molar-refractivity contribution >= 4 is 5.91 Å². The Balaban J connectivity index is 1.56. The van der Waals surface area contributed by atoms with E-state index >= 15 is 0 Å². The molecule has 0 bridgehead atoms. The van der Waals surface area contributed by atoms with Gasteiger partial charge in [-0.1, -0.05) is 6.07 Å². The number of carbonyl (C=O) groups excluding carboxylic acids is 1. The van der Waals surface area contributed by atoms with Gasteiger partial charge >= 0.3 is 0 Å². The maximum Gasteiger partial charge on any atom is 0.256 e. The molecule has 132 valence electrons. The fourth-order valence-electron chi connectivity index (χ4n) is 2.86. The first kappa shape index (κ1) is 17.4. The number of hydrogen-bond donors (Lipinski definition) is 1. The van der Waals surface area contributed by atoms with Crippen molar-refractivity contribution < 1.29 is 9.53 Å². The van der Waals surface area contributed by atoms with E-state index in [1.165, 1.54) is 0 Å². The van der Waals surface area contributed by atoms with Crippen LogP contribution in [-0.2, 0) is 6.42 Å². The van der Waals surface area contributed by atoms with Gasteiger partial charge in [0.1, 0.15) is 11.7 Å². The molecule has 0 spiro atoms. The van der Waals surface area contributed by atoms with Crippen molar-refractivity contribution in [3.63, 3.8) is 0 Å². The number of hydrogen-bond acceptors (Lipinski definition) is 5. The van der Waals surface area contributed by atoms with Gasteiger partial charge in [0, 0.05) is 44.1 Å². The van der Waals surface area contributed by atoms with Crippen LogP contribution >= 0.6 is 0 Å². The highest BCUT2D eigenvalue weighted by molar-refractivity contribution is 5.96. The van der Waals surface area contributed by atoms with Gasteiger partial charge in [-0.2, -0.15) is 0 Å². The number of ether oxygens (including phenoxy) is 1. The lowest BCUT2D eigenvalue weighted by molar-refractivity contribution is 0.0919. The highest BCUT2D eigenvalue weighted by Crippen LogP contribution is 2.20. The number of aromatic nitrogens is 2. The van der Waals surface area contributed by atoms with Crippen molar-refractivity contribution in [2.45, 2.75) is 25.4 Å². The number of piperidine rings is 1. The molecule has 1 saturated heterocycles. The maximum atomic E-state index is 12.5. The highest BCUT2D eigenvalue weighted by atomic mass is 16.5. The molecule has 6 nitrogen and oxygen atoms in total. The van der Waals surface area contributed by atoms with Gasteiger partial charge in [0.25, 0.3) is 5.91 Å². The highest BCUT2D eigenvalue weighted by Gasteiger charge is 2.21. The number of likely N-dealkylation sites (tertiary alicyclic amines) is 1. The number of rotatable bonds is 6. The summed E-state index contributed by atoms with van der Waals surface area (Å²) in [7, 11) is 2.11. The lowest BCUT2D eigenvalue weighted by Crippen LogP contribution is -2.36. The van der Waals surface area contributed by atoms with Crippen molar-refractivity contribution in [3.05, 3.63) is 54.0 Å². The summed E-state index contributed by atoms with van der Waals surface area (Å²) in [6, 6.07) is 9.29. The monoisotopic (exact) mass is 340 g/mol. The number of pyridine rings is 2. The summed E-state index contributed by atoms with van der Waals surface area (Å²) in [6.07, 6.45) is 6.13. The summed E-state index contributed by atoms with van der Waals surface area (Å²) in [4.78, 5) is 23.3. The molecule has 6 heteroatoms. The van der Waals surface area contributed by atoms with Crippen LogP contribution in [0, 0.1) is 0 Å². The third kappa shape index (κ3) is 5.00. The summed E-state index contributed by atoms with van der Waals surface area (Å²) in [5, 5.41) is 2.92. The zero-order valence-corrected chi connectivity index (χ0v) is 14.5. The summed E-state index contributed by atoms with van der Waals surface area (Å²) >= 11 is 0. The zero-order chi connectivity index (χ0) is 17.5. The second kappa shape index (κ2) is 8.58. The van der Waals surface area contributed by atoms with Crippen LogP contribution in [0.5, 0.6) is 5.88 Å². The van der Waals surface area contributed by atoms with Crippen LogP contribution in [0.25, 0.3) is 0 Å². The molecule has 0 atom stereocenters. The topological polar surface area (TPSA) is 67.3 Å². The first-order chi connectivity index (χ1) is 12.2. The van der Waals surface area contributed by atoms with E-state index in [0.717, 1.165) is 31.6 Å². The third-order valence-corrected chi connectivity index (χ3v) is 4.35. The molecule has 3 rings (SSSR count). The van der Waals surface area contributed by atoms with E-state index in [1.807, 2.05) is 18.2 Å². The van der Waals surface area contributed by atoms with E-state index in [2.05, 4.69) is 27.2 Å². The van der Waals surface area contributed by atoms with Gasteiger partial charge in [-0.15, -0.1) is 0 Å². The van der Waals surface area contributed by atoms with E-state index in [4.69, 9.17) is 4.74 Å². The lowest BCUT2D eigenvalue weighted by atomic mass is 10.1. The Hall–Kier alpha value is -2.47. The Morgan fingerprint density at radius 2 is 2.00 bits per heavy atom. The standard InChI is InChI=1S/C19H24N4O2/c1-23-13-8-16(9-14-23)25-19-17(6-4-11-22-19)18(24)21-12-7-15-5-2-3-10-20-15/h2-6,10-11,16H,7-9,12-14H2,1H3,(H,21,24). The Morgan fingerprint density at radius 1 is 1.20 bits per heavy atom. The second-order valence-corrected chi connectivity index (χ2v) is 6.30. The summed E-state index contributed by atoms with van der Waals surface area (Å²) in [5.74, 6) is 0.263. The van der Waals surface area contributed by atoms with Crippen LogP contribution in [0.2, 0.25) is 0 Å². The van der Waals surface area contributed by atoms with Gasteiger partial charge < -0.3 is 15.0 Å². The maximum absolute atomic E-state index is 12.5. The molecule has 25 heavy (non-hydrogen) atoms. The molecular weight excluding hydrogens is 316 g/mol. The first-order valence-corrected chi connectivity index (χ1v) is 8.70. The SMILES string of the molecule is CN1CCC(Oc2ncccc2C(=O)NCCc2ccccn2)CC1. The summed E-state index contributed by atoms with van der Waals surface area (Å²) in [6.45, 7) is 2.53. The van der Waals surface area contributed by atoms with Gasteiger partial charge in [-0.25, -0.2) is 4.98 Å². The minimum Gasteiger partial charge on any atom is -0.474 e. The van der Waals surface area contributed by atoms with Crippen LogP contribution in [0.15, 0.2) is 42.7 Å². The first-order valence-electron chi connectivity index (χ1n) is 8.70. The van der Waals surface area contributed by atoms with E-state index < -0.39 is 0 Å². The van der Waals surface area contributed by atoms with Crippen LogP contribution in [0.1, 0.15) is 28.9 Å².